The van der Waals surface area contributed by atoms with Gasteiger partial charge in [0.25, 0.3) is 0 Å². The average molecular weight is 282 g/mol. The van der Waals surface area contributed by atoms with E-state index < -0.39 is 23.6 Å². The van der Waals surface area contributed by atoms with Gasteiger partial charge in [-0.15, -0.1) is 0 Å². The molecule has 1 atom stereocenters. The first-order valence-electron chi connectivity index (χ1n) is 6.01. The molecule has 5 heteroatoms. The Morgan fingerprint density at radius 2 is 1.70 bits per heavy atom. The van der Waals surface area contributed by atoms with Crippen molar-refractivity contribution in [1.29, 1.82) is 0 Å². The van der Waals surface area contributed by atoms with Gasteiger partial charge in [-0.05, 0) is 31.2 Å². The normalized spacial score (nSPS) is 12.2. The second-order valence-electron chi connectivity index (χ2n) is 4.38. The summed E-state index contributed by atoms with van der Waals surface area (Å²) >= 11 is 0. The minimum atomic E-state index is -0.844. The van der Waals surface area contributed by atoms with Crippen molar-refractivity contribution in [3.05, 3.63) is 65.0 Å². The van der Waals surface area contributed by atoms with E-state index in [0.717, 1.165) is 18.2 Å². The summed E-state index contributed by atoms with van der Waals surface area (Å²) in [5.41, 5.74) is 0.543. The van der Waals surface area contributed by atoms with Gasteiger partial charge >= 0.3 is 0 Å². The quantitative estimate of drug-likeness (QED) is 0.925. The van der Waals surface area contributed by atoms with Crippen LogP contribution in [0.1, 0.15) is 24.2 Å². The van der Waals surface area contributed by atoms with Crippen molar-refractivity contribution < 1.29 is 23.0 Å². The van der Waals surface area contributed by atoms with E-state index >= 15 is 0 Å². The first-order chi connectivity index (χ1) is 9.47. The second kappa shape index (κ2) is 5.96. The Hall–Kier alpha value is -2.01. The molecule has 0 heterocycles. The molecule has 0 saturated heterocycles. The molecule has 0 bridgehead atoms. The highest BCUT2D eigenvalue weighted by Crippen LogP contribution is 2.27. The Bertz CT molecular complexity index is 612. The fourth-order valence-electron chi connectivity index (χ4n) is 1.77. The fourth-order valence-corrected chi connectivity index (χ4v) is 1.77. The largest absolute Gasteiger partial charge is 0.488 e. The van der Waals surface area contributed by atoms with E-state index in [9.17, 15) is 18.3 Å². The fraction of sp³-hybridized carbons (Fsp3) is 0.200. The van der Waals surface area contributed by atoms with Gasteiger partial charge in [-0.2, -0.15) is 0 Å². The summed E-state index contributed by atoms with van der Waals surface area (Å²) in [6.45, 7) is 1.33. The molecule has 1 unspecified atom stereocenters. The SMILES string of the molecule is CC(O)c1ccc(F)cc1OCc1ccc(F)cc1F. The van der Waals surface area contributed by atoms with Gasteiger partial charge in [0.05, 0.1) is 6.10 Å². The molecule has 106 valence electrons. The highest BCUT2D eigenvalue weighted by atomic mass is 19.1. The van der Waals surface area contributed by atoms with Crippen LogP contribution in [0, 0.1) is 17.5 Å². The van der Waals surface area contributed by atoms with Gasteiger partial charge in [0, 0.05) is 23.3 Å². The van der Waals surface area contributed by atoms with E-state index in [2.05, 4.69) is 0 Å². The van der Waals surface area contributed by atoms with Gasteiger partial charge in [0.1, 0.15) is 29.8 Å². The Labute approximate surface area is 114 Å². The zero-order chi connectivity index (χ0) is 14.7. The summed E-state index contributed by atoms with van der Waals surface area (Å²) in [5, 5.41) is 9.56. The van der Waals surface area contributed by atoms with Gasteiger partial charge in [-0.1, -0.05) is 0 Å². The van der Waals surface area contributed by atoms with Crippen LogP contribution in [0.25, 0.3) is 0 Å². The number of hydrogen-bond acceptors (Lipinski definition) is 2. The summed E-state index contributed by atoms with van der Waals surface area (Å²) in [6.07, 6.45) is -0.844. The van der Waals surface area contributed by atoms with Gasteiger partial charge < -0.3 is 9.84 Å². The van der Waals surface area contributed by atoms with Crippen LogP contribution in [0.2, 0.25) is 0 Å². The average Bonchev–Trinajstić information content (AvgIpc) is 2.37. The summed E-state index contributed by atoms with van der Waals surface area (Å²) in [6, 6.07) is 6.84. The molecule has 0 spiro atoms. The Balaban J connectivity index is 2.20. The maximum atomic E-state index is 13.4. The molecule has 2 rings (SSSR count). The Kier molecular flexibility index (Phi) is 4.29. The molecule has 0 aromatic heterocycles. The van der Waals surface area contributed by atoms with E-state index in [0.29, 0.717) is 5.56 Å². The highest BCUT2D eigenvalue weighted by molar-refractivity contribution is 5.35. The lowest BCUT2D eigenvalue weighted by Gasteiger charge is -2.14. The Morgan fingerprint density at radius 1 is 1.05 bits per heavy atom. The van der Waals surface area contributed by atoms with Gasteiger partial charge in [-0.25, -0.2) is 13.2 Å². The van der Waals surface area contributed by atoms with Crippen molar-refractivity contribution in [3.63, 3.8) is 0 Å². The van der Waals surface area contributed by atoms with Crippen LogP contribution in [0.5, 0.6) is 5.75 Å². The molecule has 0 aliphatic carbocycles. The van der Waals surface area contributed by atoms with Crippen molar-refractivity contribution in [3.8, 4) is 5.75 Å². The van der Waals surface area contributed by atoms with E-state index in [1.807, 2.05) is 0 Å². The summed E-state index contributed by atoms with van der Waals surface area (Å²) in [7, 11) is 0. The molecule has 2 aromatic rings. The predicted molar refractivity (Wildman–Crippen MR) is 67.7 cm³/mol. The minimum absolute atomic E-state index is 0.128. The van der Waals surface area contributed by atoms with E-state index in [4.69, 9.17) is 4.74 Å². The summed E-state index contributed by atoms with van der Waals surface area (Å²) in [4.78, 5) is 0. The number of hydrogen-bond donors (Lipinski definition) is 1. The lowest BCUT2D eigenvalue weighted by atomic mass is 10.1. The number of ether oxygens (including phenoxy) is 1. The molecule has 0 radical (unpaired) electrons. The molecule has 0 saturated carbocycles. The van der Waals surface area contributed by atoms with Crippen molar-refractivity contribution in [1.82, 2.24) is 0 Å². The van der Waals surface area contributed by atoms with Gasteiger partial charge in [-0.3, -0.25) is 0 Å². The maximum absolute atomic E-state index is 13.4. The number of aliphatic hydroxyl groups is 1. The van der Waals surface area contributed by atoms with Crippen LogP contribution >= 0.6 is 0 Å². The van der Waals surface area contributed by atoms with Crippen molar-refractivity contribution >= 4 is 0 Å². The molecule has 2 aromatic carbocycles. The third kappa shape index (κ3) is 3.30. The van der Waals surface area contributed by atoms with Gasteiger partial charge in [0.2, 0.25) is 0 Å². The smallest absolute Gasteiger partial charge is 0.132 e. The van der Waals surface area contributed by atoms with Crippen LogP contribution in [0.15, 0.2) is 36.4 Å². The lowest BCUT2D eigenvalue weighted by Crippen LogP contribution is -2.03. The molecule has 2 nitrogen and oxygen atoms in total. The summed E-state index contributed by atoms with van der Waals surface area (Å²) in [5.74, 6) is -1.81. The monoisotopic (exact) mass is 282 g/mol. The zero-order valence-corrected chi connectivity index (χ0v) is 10.7. The molecule has 0 aliphatic heterocycles. The van der Waals surface area contributed by atoms with Crippen LogP contribution in [0.4, 0.5) is 13.2 Å². The van der Waals surface area contributed by atoms with E-state index in [-0.39, 0.29) is 17.9 Å². The molecule has 20 heavy (non-hydrogen) atoms. The topological polar surface area (TPSA) is 29.5 Å². The maximum Gasteiger partial charge on any atom is 0.132 e. The molecule has 0 aliphatic rings. The summed E-state index contributed by atoms with van der Waals surface area (Å²) < 4.78 is 44.7. The van der Waals surface area contributed by atoms with Crippen LogP contribution in [-0.2, 0) is 6.61 Å². The molecular formula is C15H13F3O2. The number of rotatable bonds is 4. The molecule has 1 N–H and O–H groups in total. The molecule has 0 amide bonds. The van der Waals surface area contributed by atoms with Crippen molar-refractivity contribution in [2.45, 2.75) is 19.6 Å². The number of benzene rings is 2. The third-order valence-corrected chi connectivity index (χ3v) is 2.82. The predicted octanol–water partition coefficient (Wildman–Crippen LogP) is 3.74. The first-order valence-corrected chi connectivity index (χ1v) is 6.01. The van der Waals surface area contributed by atoms with E-state index in [1.165, 1.54) is 25.1 Å². The molecular weight excluding hydrogens is 269 g/mol. The van der Waals surface area contributed by atoms with E-state index in [1.54, 1.807) is 0 Å². The van der Waals surface area contributed by atoms with Crippen molar-refractivity contribution in [2.75, 3.05) is 0 Å². The van der Waals surface area contributed by atoms with Crippen LogP contribution in [0.3, 0.4) is 0 Å². The second-order valence-corrected chi connectivity index (χ2v) is 4.38. The van der Waals surface area contributed by atoms with Crippen molar-refractivity contribution in [2.24, 2.45) is 0 Å². The van der Waals surface area contributed by atoms with Crippen LogP contribution in [-0.4, -0.2) is 5.11 Å². The first kappa shape index (κ1) is 14.4. The zero-order valence-electron chi connectivity index (χ0n) is 10.7. The third-order valence-electron chi connectivity index (χ3n) is 2.82. The number of aliphatic hydroxyl groups excluding tert-OH is 1. The minimum Gasteiger partial charge on any atom is -0.488 e. The standard InChI is InChI=1S/C15H13F3O2/c1-9(19)13-5-4-12(17)7-15(13)20-8-10-2-3-11(16)6-14(10)18/h2-7,9,19H,8H2,1H3. The highest BCUT2D eigenvalue weighted by Gasteiger charge is 2.12. The van der Waals surface area contributed by atoms with Gasteiger partial charge in [0.15, 0.2) is 0 Å². The Morgan fingerprint density at radius 3 is 2.35 bits per heavy atom. The lowest BCUT2D eigenvalue weighted by molar-refractivity contribution is 0.189. The molecule has 0 fully saturated rings. The van der Waals surface area contributed by atoms with Crippen LogP contribution < -0.4 is 4.74 Å². The number of halogens is 3.